The van der Waals surface area contributed by atoms with Gasteiger partial charge in [-0.05, 0) is 12.1 Å². The number of aliphatic imine (C=N–C) groups is 1. The minimum absolute atomic E-state index is 0.125. The van der Waals surface area contributed by atoms with Crippen LogP contribution in [0.1, 0.15) is 5.01 Å². The fourth-order valence-corrected chi connectivity index (χ4v) is 3.90. The van der Waals surface area contributed by atoms with Crippen molar-refractivity contribution in [3.05, 3.63) is 29.3 Å². The number of hydrogen-bond donors (Lipinski definition) is 1. The van der Waals surface area contributed by atoms with Crippen molar-refractivity contribution in [2.45, 2.75) is 11.4 Å². The van der Waals surface area contributed by atoms with Gasteiger partial charge in [0.05, 0.1) is 12.2 Å². The Morgan fingerprint density at radius 3 is 2.85 bits per heavy atom. The first-order valence-electron chi connectivity index (χ1n) is 5.76. The molecule has 0 spiro atoms. The van der Waals surface area contributed by atoms with E-state index < -0.39 is 10.0 Å². The van der Waals surface area contributed by atoms with Gasteiger partial charge in [0.2, 0.25) is 5.13 Å². The SMILES string of the molecule is CNc1nnc(CN2C=Nc3ccccc3S2(=O)=O)s1. The van der Waals surface area contributed by atoms with E-state index in [1.54, 1.807) is 31.3 Å². The van der Waals surface area contributed by atoms with Crippen LogP contribution in [0, 0.1) is 0 Å². The van der Waals surface area contributed by atoms with E-state index in [4.69, 9.17) is 0 Å². The summed E-state index contributed by atoms with van der Waals surface area (Å²) in [6, 6.07) is 6.66. The quantitative estimate of drug-likeness (QED) is 0.927. The lowest BCUT2D eigenvalue weighted by Crippen LogP contribution is -2.31. The average molecular weight is 309 g/mol. The summed E-state index contributed by atoms with van der Waals surface area (Å²) in [6.07, 6.45) is 1.32. The molecular weight excluding hydrogens is 298 g/mol. The third-order valence-electron chi connectivity index (χ3n) is 2.75. The maximum atomic E-state index is 12.5. The Morgan fingerprint density at radius 2 is 2.10 bits per heavy atom. The van der Waals surface area contributed by atoms with E-state index in [9.17, 15) is 8.42 Å². The van der Waals surface area contributed by atoms with Crippen molar-refractivity contribution in [1.29, 1.82) is 0 Å². The van der Waals surface area contributed by atoms with E-state index in [1.807, 2.05) is 0 Å². The van der Waals surface area contributed by atoms with Gasteiger partial charge in [-0.15, -0.1) is 10.2 Å². The zero-order chi connectivity index (χ0) is 14.2. The van der Waals surface area contributed by atoms with E-state index in [-0.39, 0.29) is 11.4 Å². The van der Waals surface area contributed by atoms with Gasteiger partial charge in [0, 0.05) is 7.05 Å². The molecule has 1 aromatic heterocycles. The van der Waals surface area contributed by atoms with Crippen molar-refractivity contribution in [2.24, 2.45) is 4.99 Å². The Kier molecular flexibility index (Phi) is 3.14. The summed E-state index contributed by atoms with van der Waals surface area (Å²) in [4.78, 5) is 4.36. The van der Waals surface area contributed by atoms with E-state index in [1.165, 1.54) is 22.0 Å². The van der Waals surface area contributed by atoms with Gasteiger partial charge in [-0.25, -0.2) is 17.7 Å². The predicted molar refractivity (Wildman–Crippen MR) is 76.8 cm³/mol. The lowest BCUT2D eigenvalue weighted by atomic mass is 10.3. The van der Waals surface area contributed by atoms with Gasteiger partial charge in [0.15, 0.2) is 0 Å². The minimum Gasteiger partial charge on any atom is -0.363 e. The Hall–Kier alpha value is -2.00. The van der Waals surface area contributed by atoms with Gasteiger partial charge in [-0.3, -0.25) is 0 Å². The van der Waals surface area contributed by atoms with Crippen molar-refractivity contribution >= 4 is 38.5 Å². The second kappa shape index (κ2) is 4.84. The maximum Gasteiger partial charge on any atom is 0.267 e. The summed E-state index contributed by atoms with van der Waals surface area (Å²) in [7, 11) is -1.84. The molecule has 0 radical (unpaired) electrons. The largest absolute Gasteiger partial charge is 0.363 e. The maximum absolute atomic E-state index is 12.5. The van der Waals surface area contributed by atoms with Crippen LogP contribution in [0.15, 0.2) is 34.2 Å². The zero-order valence-corrected chi connectivity index (χ0v) is 12.1. The lowest BCUT2D eigenvalue weighted by Gasteiger charge is -2.22. The fraction of sp³-hybridized carbons (Fsp3) is 0.182. The molecule has 7 nitrogen and oxygen atoms in total. The highest BCUT2D eigenvalue weighted by atomic mass is 32.2. The van der Waals surface area contributed by atoms with E-state index >= 15 is 0 Å². The van der Waals surface area contributed by atoms with Crippen LogP contribution in [0.3, 0.4) is 0 Å². The molecule has 0 aliphatic carbocycles. The van der Waals surface area contributed by atoms with Crippen LogP contribution in [0.5, 0.6) is 0 Å². The van der Waals surface area contributed by atoms with Gasteiger partial charge >= 0.3 is 0 Å². The van der Waals surface area contributed by atoms with Crippen LogP contribution in [0.4, 0.5) is 10.8 Å². The number of aromatic nitrogens is 2. The number of anilines is 1. The Bertz CT molecular complexity index is 769. The smallest absolute Gasteiger partial charge is 0.267 e. The minimum atomic E-state index is -3.58. The normalized spacial score (nSPS) is 15.9. The number of sulfonamides is 1. The van der Waals surface area contributed by atoms with Crippen LogP contribution in [0.2, 0.25) is 0 Å². The van der Waals surface area contributed by atoms with Crippen LogP contribution < -0.4 is 5.32 Å². The Morgan fingerprint density at radius 1 is 1.30 bits per heavy atom. The molecule has 0 unspecified atom stereocenters. The molecule has 2 aromatic rings. The van der Waals surface area contributed by atoms with Gasteiger partial charge < -0.3 is 5.32 Å². The monoisotopic (exact) mass is 309 g/mol. The summed E-state index contributed by atoms with van der Waals surface area (Å²) < 4.78 is 26.1. The van der Waals surface area contributed by atoms with Gasteiger partial charge in [0.1, 0.15) is 16.2 Å². The second-order valence-electron chi connectivity index (χ2n) is 4.01. The van der Waals surface area contributed by atoms with Crippen LogP contribution in [-0.4, -0.2) is 36.3 Å². The number of nitrogens with one attached hydrogen (secondary N) is 1. The van der Waals surface area contributed by atoms with Crippen LogP contribution in [0.25, 0.3) is 0 Å². The van der Waals surface area contributed by atoms with E-state index in [2.05, 4.69) is 20.5 Å². The lowest BCUT2D eigenvalue weighted by molar-refractivity contribution is 0.520. The summed E-state index contributed by atoms with van der Waals surface area (Å²) in [5, 5.41) is 11.9. The molecule has 9 heteroatoms. The van der Waals surface area contributed by atoms with Gasteiger partial charge in [-0.2, -0.15) is 0 Å². The standard InChI is InChI=1S/C11H11N5O2S2/c1-12-11-15-14-10(19-11)6-16-7-13-8-4-2-3-5-9(8)20(16,17)18/h2-5,7H,6H2,1H3,(H,12,15). The molecule has 104 valence electrons. The molecule has 1 aliphatic heterocycles. The van der Waals surface area contributed by atoms with Crippen molar-refractivity contribution < 1.29 is 8.42 Å². The third kappa shape index (κ3) is 2.14. The molecule has 0 saturated heterocycles. The summed E-state index contributed by atoms with van der Waals surface area (Å²) in [5.41, 5.74) is 0.455. The van der Waals surface area contributed by atoms with Crippen molar-refractivity contribution in [2.75, 3.05) is 12.4 Å². The topological polar surface area (TPSA) is 87.6 Å². The second-order valence-corrected chi connectivity index (χ2v) is 6.93. The molecule has 0 amide bonds. The molecule has 1 aromatic carbocycles. The van der Waals surface area contributed by atoms with E-state index in [0.717, 1.165) is 0 Å². The van der Waals surface area contributed by atoms with E-state index in [0.29, 0.717) is 15.8 Å². The molecule has 1 N–H and O–H groups in total. The number of para-hydroxylation sites is 1. The van der Waals surface area contributed by atoms with Crippen LogP contribution >= 0.6 is 11.3 Å². The highest BCUT2D eigenvalue weighted by Gasteiger charge is 2.29. The molecule has 0 bridgehead atoms. The first kappa shape index (κ1) is 13.0. The number of fused-ring (bicyclic) bond motifs is 1. The molecule has 3 rings (SSSR count). The molecule has 0 atom stereocenters. The molecule has 0 fully saturated rings. The number of rotatable bonds is 3. The van der Waals surface area contributed by atoms with Crippen LogP contribution in [-0.2, 0) is 16.6 Å². The zero-order valence-electron chi connectivity index (χ0n) is 10.5. The third-order valence-corrected chi connectivity index (χ3v) is 5.42. The summed E-state index contributed by atoms with van der Waals surface area (Å²) in [5.74, 6) is 0. The Labute approximate surface area is 120 Å². The Balaban J connectivity index is 1.93. The molecular formula is C11H11N5O2S2. The van der Waals surface area contributed by atoms with Gasteiger partial charge in [0.25, 0.3) is 10.0 Å². The number of nitrogens with zero attached hydrogens (tertiary/aromatic N) is 4. The first-order valence-corrected chi connectivity index (χ1v) is 8.02. The molecule has 1 aliphatic rings. The first-order chi connectivity index (χ1) is 9.61. The van der Waals surface area contributed by atoms with Crippen molar-refractivity contribution in [3.8, 4) is 0 Å². The average Bonchev–Trinajstić information content (AvgIpc) is 2.90. The van der Waals surface area contributed by atoms with Crippen molar-refractivity contribution in [1.82, 2.24) is 14.5 Å². The van der Waals surface area contributed by atoms with Gasteiger partial charge in [-0.1, -0.05) is 23.5 Å². The number of hydrogen-bond acceptors (Lipinski definition) is 7. The molecule has 0 saturated carbocycles. The highest BCUT2D eigenvalue weighted by molar-refractivity contribution is 7.89. The highest BCUT2D eigenvalue weighted by Crippen LogP contribution is 2.31. The van der Waals surface area contributed by atoms with Crippen molar-refractivity contribution in [3.63, 3.8) is 0 Å². The summed E-state index contributed by atoms with van der Waals surface area (Å²) >= 11 is 1.31. The fourth-order valence-electron chi connectivity index (χ4n) is 1.77. The predicted octanol–water partition coefficient (Wildman–Crippen LogP) is 1.44. The molecule has 20 heavy (non-hydrogen) atoms. The number of benzene rings is 1. The summed E-state index contributed by atoms with van der Waals surface area (Å²) in [6.45, 7) is 0.125. The molecule has 2 heterocycles.